The smallest absolute Gasteiger partial charge is 0.0134 e. The first kappa shape index (κ1) is 36.5. The molecule has 44 heavy (non-hydrogen) atoms. The number of benzene rings is 6. The Kier molecular flexibility index (Phi) is 18.6. The van der Waals surface area contributed by atoms with Crippen LogP contribution in [-0.2, 0) is 15.9 Å². The van der Waals surface area contributed by atoms with Gasteiger partial charge in [-0.05, 0) is 47.7 Å². The van der Waals surface area contributed by atoms with E-state index >= 15 is 0 Å². The summed E-state index contributed by atoms with van der Waals surface area (Å²) in [6, 6.07) is 64.7. The van der Waals surface area contributed by atoms with Crippen LogP contribution in [-0.4, -0.2) is 5.34 Å². The molecule has 6 aromatic carbocycles. The maximum atomic E-state index is 4.81. The van der Waals surface area contributed by atoms with Gasteiger partial charge in [-0.15, -0.1) is 23.2 Å². The quantitative estimate of drug-likeness (QED) is 0.0897. The van der Waals surface area contributed by atoms with Gasteiger partial charge in [0.2, 0.25) is 0 Å². The SMILES string of the molecule is ClCCl.[Cl][Pd][Cl].c1ccc(P(c2ccccc2)c2ccccc2)cc1.c1ccc(P(c2ccccc2)c2ccccc2)cc1. The van der Waals surface area contributed by atoms with Crippen molar-refractivity contribution in [1.82, 2.24) is 0 Å². The fraction of sp³-hybridized carbons (Fsp3) is 0.0270. The molecule has 0 aromatic heterocycles. The summed E-state index contributed by atoms with van der Waals surface area (Å²) in [5.74, 6) is 0. The van der Waals surface area contributed by atoms with Crippen LogP contribution in [0.4, 0.5) is 0 Å². The van der Waals surface area contributed by atoms with Crippen LogP contribution in [0.25, 0.3) is 0 Å². The number of alkyl halides is 2. The minimum absolute atomic E-state index is 0.106. The van der Waals surface area contributed by atoms with Gasteiger partial charge in [0, 0.05) is 0 Å². The maximum Gasteiger partial charge on any atom is -0.0134 e. The summed E-state index contributed by atoms with van der Waals surface area (Å²) in [7, 11) is 8.74. The fourth-order valence-electron chi connectivity index (χ4n) is 4.36. The third kappa shape index (κ3) is 12.4. The van der Waals surface area contributed by atoms with E-state index in [1.54, 1.807) is 0 Å². The van der Waals surface area contributed by atoms with Crippen molar-refractivity contribution in [2.24, 2.45) is 0 Å². The average Bonchev–Trinajstić information content (AvgIpc) is 3.09. The Hall–Kier alpha value is -2.00. The number of halogens is 4. The van der Waals surface area contributed by atoms with Gasteiger partial charge < -0.3 is 0 Å². The van der Waals surface area contributed by atoms with E-state index < -0.39 is 15.8 Å². The van der Waals surface area contributed by atoms with E-state index in [2.05, 4.69) is 182 Å². The molecular weight excluding hydrogens is 755 g/mol. The zero-order valence-corrected chi connectivity index (χ0v) is 30.1. The maximum absolute atomic E-state index is 4.81. The van der Waals surface area contributed by atoms with Crippen molar-refractivity contribution in [2.45, 2.75) is 0 Å². The van der Waals surface area contributed by atoms with Gasteiger partial charge in [0.15, 0.2) is 0 Å². The van der Waals surface area contributed by atoms with Crippen molar-refractivity contribution in [1.29, 1.82) is 0 Å². The van der Waals surface area contributed by atoms with Crippen molar-refractivity contribution < 1.29 is 15.9 Å². The molecule has 0 aliphatic carbocycles. The van der Waals surface area contributed by atoms with Crippen LogP contribution >= 0.6 is 58.1 Å². The molecule has 0 heterocycles. The van der Waals surface area contributed by atoms with Crippen molar-refractivity contribution >= 4 is 89.9 Å². The summed E-state index contributed by atoms with van der Waals surface area (Å²) in [6.45, 7) is 0. The second-order valence-electron chi connectivity index (χ2n) is 8.83. The van der Waals surface area contributed by atoms with Crippen molar-refractivity contribution in [2.75, 3.05) is 5.34 Å². The number of hydrogen-bond acceptors (Lipinski definition) is 0. The summed E-state index contributed by atoms with van der Waals surface area (Å²) in [5.41, 5.74) is 0. The molecule has 6 rings (SSSR count). The fourth-order valence-corrected chi connectivity index (χ4v) is 8.97. The minimum atomic E-state index is -0.446. The van der Waals surface area contributed by atoms with Crippen LogP contribution in [0, 0.1) is 0 Å². The van der Waals surface area contributed by atoms with Gasteiger partial charge in [0.25, 0.3) is 0 Å². The summed E-state index contributed by atoms with van der Waals surface area (Å²) in [6.07, 6.45) is 0. The van der Waals surface area contributed by atoms with Gasteiger partial charge in [-0.3, -0.25) is 0 Å². The molecule has 0 aliphatic rings. The molecular formula is C37H32Cl4P2Pd. The molecule has 0 atom stereocenters. The van der Waals surface area contributed by atoms with Gasteiger partial charge in [-0.1, -0.05) is 182 Å². The zero-order chi connectivity index (χ0) is 31.2. The number of hydrogen-bond donors (Lipinski definition) is 0. The van der Waals surface area contributed by atoms with E-state index in [0.717, 1.165) is 0 Å². The second-order valence-corrected chi connectivity index (χ2v) is 16.4. The largest absolute Gasteiger partial charge is 0.0622 e. The molecule has 0 fully saturated rings. The van der Waals surface area contributed by atoms with Gasteiger partial charge in [0.05, 0.1) is 5.34 Å². The molecule has 0 unspecified atom stereocenters. The molecule has 7 heteroatoms. The monoisotopic (exact) mass is 784 g/mol. The Bertz CT molecular complexity index is 1220. The minimum Gasteiger partial charge on any atom is -0.0622 e. The third-order valence-corrected chi connectivity index (χ3v) is 11.0. The Morgan fingerprint density at radius 1 is 0.318 bits per heavy atom. The predicted molar refractivity (Wildman–Crippen MR) is 199 cm³/mol. The zero-order valence-electron chi connectivity index (χ0n) is 23.8. The van der Waals surface area contributed by atoms with Gasteiger partial charge >= 0.3 is 35.0 Å². The van der Waals surface area contributed by atoms with E-state index in [0.29, 0.717) is 0 Å². The number of rotatable bonds is 6. The van der Waals surface area contributed by atoms with Gasteiger partial charge in [-0.25, -0.2) is 0 Å². The van der Waals surface area contributed by atoms with Gasteiger partial charge in [0.1, 0.15) is 0 Å². The third-order valence-electron chi connectivity index (χ3n) is 6.09. The summed E-state index contributed by atoms with van der Waals surface area (Å²) < 4.78 is 0. The summed E-state index contributed by atoms with van der Waals surface area (Å²) in [4.78, 5) is 0. The van der Waals surface area contributed by atoms with E-state index in [1.807, 2.05) is 0 Å². The first-order valence-electron chi connectivity index (χ1n) is 13.6. The van der Waals surface area contributed by atoms with Crippen molar-refractivity contribution in [3.63, 3.8) is 0 Å². The van der Waals surface area contributed by atoms with Crippen LogP contribution in [0.1, 0.15) is 0 Å². The van der Waals surface area contributed by atoms with Crippen LogP contribution in [0.5, 0.6) is 0 Å². The first-order chi connectivity index (χ1) is 21.7. The van der Waals surface area contributed by atoms with E-state index in [1.165, 1.54) is 31.8 Å². The normalized spacial score (nSPS) is 10.0. The molecule has 0 bridgehead atoms. The van der Waals surface area contributed by atoms with Crippen LogP contribution in [0.3, 0.4) is 0 Å². The molecule has 0 spiro atoms. The van der Waals surface area contributed by atoms with Crippen LogP contribution in [0.2, 0.25) is 0 Å². The van der Waals surface area contributed by atoms with E-state index in [-0.39, 0.29) is 21.3 Å². The van der Waals surface area contributed by atoms with Gasteiger partial charge in [-0.2, -0.15) is 0 Å². The van der Waals surface area contributed by atoms with Crippen molar-refractivity contribution in [3.05, 3.63) is 182 Å². The second kappa shape index (κ2) is 22.5. The summed E-state index contributed by atoms with van der Waals surface area (Å²) in [5, 5.41) is 8.58. The molecule has 0 nitrogen and oxygen atoms in total. The van der Waals surface area contributed by atoms with Crippen LogP contribution < -0.4 is 31.8 Å². The predicted octanol–water partition coefficient (Wildman–Crippen LogP) is 9.69. The molecule has 0 saturated carbocycles. The average molecular weight is 787 g/mol. The topological polar surface area (TPSA) is 0 Å². The molecule has 228 valence electrons. The Morgan fingerprint density at radius 3 is 0.545 bits per heavy atom. The molecule has 0 saturated heterocycles. The molecule has 0 amide bonds. The van der Waals surface area contributed by atoms with Crippen LogP contribution in [0.15, 0.2) is 182 Å². The van der Waals surface area contributed by atoms with E-state index in [4.69, 9.17) is 42.3 Å². The Labute approximate surface area is 291 Å². The first-order valence-corrected chi connectivity index (χ1v) is 21.3. The standard InChI is InChI=1S/2C18H15P.CH2Cl2.2ClH.Pd/c2*1-4-10-16(11-5-1)19(17-12-6-2-7-13-17)18-14-8-3-9-15-18;2-1-3;;;/h2*1-15H;1H2;2*1H;/q;;;;;+2/p-2. The molecule has 0 radical (unpaired) electrons. The summed E-state index contributed by atoms with van der Waals surface area (Å²) >= 11 is 9.42. The Balaban J connectivity index is 0.000000204. The Morgan fingerprint density at radius 2 is 0.432 bits per heavy atom. The molecule has 0 aliphatic heterocycles. The van der Waals surface area contributed by atoms with Crippen molar-refractivity contribution in [3.8, 4) is 0 Å². The van der Waals surface area contributed by atoms with E-state index in [9.17, 15) is 0 Å². The molecule has 0 N–H and O–H groups in total. The molecule has 6 aromatic rings.